The van der Waals surface area contributed by atoms with Gasteiger partial charge in [0.25, 0.3) is 0 Å². The molecule has 0 aliphatic rings. The Morgan fingerprint density at radius 1 is 1.37 bits per heavy atom. The SMILES string of the molecule is COc1cnc(C(NN)c2snnc2C)c(OC)n1. The molecule has 3 N–H and O–H groups in total. The van der Waals surface area contributed by atoms with Gasteiger partial charge in [-0.1, -0.05) is 4.49 Å². The minimum Gasteiger partial charge on any atom is -0.480 e. The van der Waals surface area contributed by atoms with Gasteiger partial charge in [0.05, 0.1) is 31.0 Å². The largest absolute Gasteiger partial charge is 0.480 e. The summed E-state index contributed by atoms with van der Waals surface area (Å²) in [5.74, 6) is 6.32. The molecule has 0 bridgehead atoms. The number of nitrogens with one attached hydrogen (secondary N) is 1. The second-order valence-corrected chi connectivity index (χ2v) is 4.41. The van der Waals surface area contributed by atoms with E-state index in [0.29, 0.717) is 17.5 Å². The smallest absolute Gasteiger partial charge is 0.240 e. The highest BCUT2D eigenvalue weighted by molar-refractivity contribution is 7.05. The maximum atomic E-state index is 5.61. The average Bonchev–Trinajstić information content (AvgIpc) is 2.86. The Kier molecular flexibility index (Phi) is 4.20. The maximum absolute atomic E-state index is 5.61. The summed E-state index contributed by atoms with van der Waals surface area (Å²) in [4.78, 5) is 9.33. The number of nitrogens with zero attached hydrogens (tertiary/aromatic N) is 4. The van der Waals surface area contributed by atoms with E-state index in [2.05, 4.69) is 25.0 Å². The predicted molar refractivity (Wildman–Crippen MR) is 68.9 cm³/mol. The molecule has 9 heteroatoms. The van der Waals surface area contributed by atoms with Crippen LogP contribution in [0.2, 0.25) is 0 Å². The van der Waals surface area contributed by atoms with Crippen LogP contribution in [0.1, 0.15) is 22.3 Å². The van der Waals surface area contributed by atoms with E-state index in [1.54, 1.807) is 0 Å². The van der Waals surface area contributed by atoms with Gasteiger partial charge in [-0.2, -0.15) is 4.98 Å². The molecule has 0 aromatic carbocycles. The molecule has 0 radical (unpaired) electrons. The molecule has 0 saturated carbocycles. The van der Waals surface area contributed by atoms with Crippen molar-refractivity contribution in [3.63, 3.8) is 0 Å². The summed E-state index contributed by atoms with van der Waals surface area (Å²) in [5.41, 5.74) is 4.02. The number of aromatic nitrogens is 4. The molecule has 0 saturated heterocycles. The molecule has 2 rings (SSSR count). The Morgan fingerprint density at radius 2 is 2.16 bits per heavy atom. The molecule has 1 atom stereocenters. The molecule has 8 nitrogen and oxygen atoms in total. The summed E-state index contributed by atoms with van der Waals surface area (Å²) in [5, 5.41) is 3.96. The minimum absolute atomic E-state index is 0.343. The van der Waals surface area contributed by atoms with Crippen LogP contribution in [0.25, 0.3) is 0 Å². The minimum atomic E-state index is -0.381. The fourth-order valence-corrected chi connectivity index (χ4v) is 2.30. The predicted octanol–water partition coefficient (Wildman–Crippen LogP) is 0.206. The first kappa shape index (κ1) is 13.6. The number of hydrazine groups is 1. The first-order valence-electron chi connectivity index (χ1n) is 5.41. The van der Waals surface area contributed by atoms with Crippen molar-refractivity contribution in [3.05, 3.63) is 22.5 Å². The molecular weight excluding hydrogens is 268 g/mol. The van der Waals surface area contributed by atoms with Gasteiger partial charge in [-0.3, -0.25) is 5.84 Å². The van der Waals surface area contributed by atoms with Gasteiger partial charge in [-0.15, -0.1) is 5.10 Å². The Labute approximate surface area is 114 Å². The Balaban J connectivity index is 2.46. The molecule has 0 fully saturated rings. The molecule has 2 aromatic rings. The topological polar surface area (TPSA) is 108 Å². The van der Waals surface area contributed by atoms with Crippen LogP contribution >= 0.6 is 11.5 Å². The first-order chi connectivity index (χ1) is 9.21. The van der Waals surface area contributed by atoms with Crippen molar-refractivity contribution in [3.8, 4) is 11.8 Å². The summed E-state index contributed by atoms with van der Waals surface area (Å²) in [6.07, 6.45) is 1.51. The van der Waals surface area contributed by atoms with Gasteiger partial charge in [-0.25, -0.2) is 10.4 Å². The molecule has 0 spiro atoms. The van der Waals surface area contributed by atoms with E-state index in [-0.39, 0.29) is 6.04 Å². The van der Waals surface area contributed by atoms with Crippen molar-refractivity contribution >= 4 is 11.5 Å². The summed E-state index contributed by atoms with van der Waals surface area (Å²) in [6.45, 7) is 1.85. The van der Waals surface area contributed by atoms with Crippen LogP contribution in [-0.2, 0) is 0 Å². The third kappa shape index (κ3) is 2.62. The fourth-order valence-electron chi connectivity index (χ4n) is 1.59. The van der Waals surface area contributed by atoms with Gasteiger partial charge >= 0.3 is 0 Å². The Hall–Kier alpha value is -1.84. The number of hydrogen-bond acceptors (Lipinski definition) is 9. The van der Waals surface area contributed by atoms with Crippen LogP contribution in [-0.4, -0.2) is 33.8 Å². The zero-order valence-corrected chi connectivity index (χ0v) is 11.6. The van der Waals surface area contributed by atoms with Crippen LogP contribution in [0.3, 0.4) is 0 Å². The maximum Gasteiger partial charge on any atom is 0.240 e. The summed E-state index contributed by atoms with van der Waals surface area (Å²) in [7, 11) is 3.03. The lowest BCUT2D eigenvalue weighted by molar-refractivity contribution is 0.353. The summed E-state index contributed by atoms with van der Waals surface area (Å²) < 4.78 is 14.1. The summed E-state index contributed by atoms with van der Waals surface area (Å²) >= 11 is 1.25. The molecule has 2 heterocycles. The molecule has 0 aliphatic carbocycles. The highest BCUT2D eigenvalue weighted by Gasteiger charge is 2.24. The van der Waals surface area contributed by atoms with E-state index in [0.717, 1.165) is 10.6 Å². The number of ether oxygens (including phenoxy) is 2. The number of methoxy groups -OCH3 is 2. The van der Waals surface area contributed by atoms with Crippen molar-refractivity contribution in [2.45, 2.75) is 13.0 Å². The molecule has 2 aromatic heterocycles. The van der Waals surface area contributed by atoms with Crippen LogP contribution in [0.4, 0.5) is 0 Å². The van der Waals surface area contributed by atoms with E-state index in [9.17, 15) is 0 Å². The van der Waals surface area contributed by atoms with Crippen molar-refractivity contribution in [2.24, 2.45) is 5.84 Å². The lowest BCUT2D eigenvalue weighted by Gasteiger charge is -2.16. The van der Waals surface area contributed by atoms with E-state index >= 15 is 0 Å². The van der Waals surface area contributed by atoms with Gasteiger partial charge in [-0.05, 0) is 18.5 Å². The summed E-state index contributed by atoms with van der Waals surface area (Å²) in [6, 6.07) is -0.381. The van der Waals surface area contributed by atoms with Crippen LogP contribution in [0, 0.1) is 6.92 Å². The Bertz CT molecular complexity index is 561. The normalized spacial score (nSPS) is 12.2. The van der Waals surface area contributed by atoms with E-state index in [1.807, 2.05) is 6.92 Å². The fraction of sp³-hybridized carbons (Fsp3) is 0.400. The number of hydrogen-bond donors (Lipinski definition) is 2. The molecule has 0 amide bonds. The Morgan fingerprint density at radius 3 is 2.68 bits per heavy atom. The third-order valence-corrected chi connectivity index (χ3v) is 3.43. The number of nitrogens with two attached hydrogens (primary N) is 1. The van der Waals surface area contributed by atoms with Crippen molar-refractivity contribution < 1.29 is 9.47 Å². The van der Waals surface area contributed by atoms with Crippen LogP contribution in [0.15, 0.2) is 6.20 Å². The number of aryl methyl sites for hydroxylation is 1. The second-order valence-electron chi connectivity index (χ2n) is 3.63. The van der Waals surface area contributed by atoms with Gasteiger partial charge in [0.15, 0.2) is 0 Å². The van der Waals surface area contributed by atoms with Gasteiger partial charge < -0.3 is 9.47 Å². The lowest BCUT2D eigenvalue weighted by atomic mass is 10.1. The quantitative estimate of drug-likeness (QED) is 0.591. The van der Waals surface area contributed by atoms with Crippen molar-refractivity contribution in [1.29, 1.82) is 0 Å². The molecule has 0 aliphatic heterocycles. The first-order valence-corrected chi connectivity index (χ1v) is 6.18. The third-order valence-electron chi connectivity index (χ3n) is 2.54. The molecule has 19 heavy (non-hydrogen) atoms. The standard InChI is InChI=1S/C10H14N6O2S/c1-5-9(19-16-15-5)7(14-11)8-10(18-3)13-6(17-2)4-12-8/h4,7,14H,11H2,1-3H3. The number of rotatable bonds is 5. The van der Waals surface area contributed by atoms with Crippen molar-refractivity contribution in [1.82, 2.24) is 25.0 Å². The van der Waals surface area contributed by atoms with Crippen molar-refractivity contribution in [2.75, 3.05) is 14.2 Å². The molecular formula is C10H14N6O2S. The molecule has 102 valence electrons. The second kappa shape index (κ2) is 5.87. The zero-order chi connectivity index (χ0) is 13.8. The van der Waals surface area contributed by atoms with Crippen LogP contribution < -0.4 is 20.7 Å². The van der Waals surface area contributed by atoms with E-state index in [1.165, 1.54) is 31.9 Å². The monoisotopic (exact) mass is 282 g/mol. The highest BCUT2D eigenvalue weighted by Crippen LogP contribution is 2.30. The van der Waals surface area contributed by atoms with E-state index in [4.69, 9.17) is 15.3 Å². The highest BCUT2D eigenvalue weighted by atomic mass is 32.1. The zero-order valence-electron chi connectivity index (χ0n) is 10.7. The average molecular weight is 282 g/mol. The molecule has 1 unspecified atom stereocenters. The lowest BCUT2D eigenvalue weighted by Crippen LogP contribution is -2.30. The van der Waals surface area contributed by atoms with Gasteiger partial charge in [0.1, 0.15) is 11.7 Å². The van der Waals surface area contributed by atoms with Gasteiger partial charge in [0.2, 0.25) is 11.8 Å². The van der Waals surface area contributed by atoms with Gasteiger partial charge in [0, 0.05) is 0 Å². The van der Waals surface area contributed by atoms with Crippen LogP contribution in [0.5, 0.6) is 11.8 Å². The van der Waals surface area contributed by atoms with E-state index < -0.39 is 0 Å².